The summed E-state index contributed by atoms with van der Waals surface area (Å²) in [5.41, 5.74) is 0.540. The van der Waals surface area contributed by atoms with Gasteiger partial charge in [0.15, 0.2) is 0 Å². The maximum atomic E-state index is 12.2. The number of carbonyl (C=O) groups is 1. The molecule has 0 aromatic carbocycles. The van der Waals surface area contributed by atoms with Gasteiger partial charge in [-0.2, -0.15) is 5.10 Å². The number of rotatable bonds is 3. The van der Waals surface area contributed by atoms with E-state index < -0.39 is 0 Å². The molecule has 23 heavy (non-hydrogen) atoms. The van der Waals surface area contributed by atoms with Crippen LogP contribution in [0.4, 0.5) is 10.7 Å². The van der Waals surface area contributed by atoms with Crippen molar-refractivity contribution in [3.05, 3.63) is 28.1 Å². The summed E-state index contributed by atoms with van der Waals surface area (Å²) in [4.78, 5) is 25.6. The molecule has 3 rings (SSSR count). The van der Waals surface area contributed by atoms with Crippen LogP contribution in [0, 0.1) is 6.92 Å². The molecule has 0 unspecified atom stereocenters. The first-order valence-electron chi connectivity index (χ1n) is 7.72. The van der Waals surface area contributed by atoms with Crippen LogP contribution in [0.25, 0.3) is 0 Å². The molecule has 1 aliphatic heterocycles. The Balaban J connectivity index is 1.59. The van der Waals surface area contributed by atoms with E-state index in [2.05, 4.69) is 20.7 Å². The minimum atomic E-state index is -0.200. The monoisotopic (exact) mass is 320 g/mol. The molecule has 1 fully saturated rings. The second kappa shape index (κ2) is 6.27. The third-order valence-electron chi connectivity index (χ3n) is 4.11. The summed E-state index contributed by atoms with van der Waals surface area (Å²) in [6.07, 6.45) is 1.54. The lowest BCUT2D eigenvalue weighted by molar-refractivity contribution is 0.192. The average Bonchev–Trinajstić information content (AvgIpc) is 3.13. The van der Waals surface area contributed by atoms with Crippen LogP contribution in [0.3, 0.4) is 0 Å². The van der Waals surface area contributed by atoms with Crippen LogP contribution in [-0.4, -0.2) is 43.9 Å². The lowest BCUT2D eigenvalue weighted by Crippen LogP contribution is -2.41. The number of urea groups is 1. The first-order chi connectivity index (χ1) is 11.1. The third-order valence-corrected chi connectivity index (χ3v) is 4.11. The predicted molar refractivity (Wildman–Crippen MR) is 82.3 cm³/mol. The van der Waals surface area contributed by atoms with Crippen molar-refractivity contribution in [1.82, 2.24) is 24.8 Å². The van der Waals surface area contributed by atoms with Gasteiger partial charge in [0.05, 0.1) is 5.69 Å². The molecule has 2 aromatic rings. The Morgan fingerprint density at radius 2 is 2.22 bits per heavy atom. The summed E-state index contributed by atoms with van der Waals surface area (Å²) in [6, 6.07) is 1.48. The fourth-order valence-electron chi connectivity index (χ4n) is 2.89. The van der Waals surface area contributed by atoms with Crippen LogP contribution in [0.2, 0.25) is 0 Å². The highest BCUT2D eigenvalue weighted by Gasteiger charge is 2.27. The van der Waals surface area contributed by atoms with E-state index in [1.807, 2.05) is 6.92 Å². The number of nitrogens with zero attached hydrogens (tertiary/aromatic N) is 4. The van der Waals surface area contributed by atoms with Gasteiger partial charge in [0.25, 0.3) is 0 Å². The fourth-order valence-corrected chi connectivity index (χ4v) is 2.89. The normalized spacial score (nSPS) is 15.8. The molecule has 0 aliphatic carbocycles. The summed E-state index contributed by atoms with van der Waals surface area (Å²) < 4.78 is 6.64. The van der Waals surface area contributed by atoms with Crippen molar-refractivity contribution in [3.63, 3.8) is 0 Å². The van der Waals surface area contributed by atoms with Crippen LogP contribution < -0.4 is 11.0 Å². The van der Waals surface area contributed by atoms with Crippen molar-refractivity contribution >= 4 is 11.9 Å². The van der Waals surface area contributed by atoms with E-state index in [1.54, 1.807) is 22.5 Å². The number of nitrogens with one attached hydrogen (secondary N) is 2. The number of hydrogen-bond donors (Lipinski definition) is 2. The maximum Gasteiger partial charge on any atom is 0.343 e. The number of carbonyl (C=O) groups excluding carboxylic acids is 1. The highest BCUT2D eigenvalue weighted by atomic mass is 16.5. The van der Waals surface area contributed by atoms with Gasteiger partial charge in [-0.15, -0.1) is 0 Å². The van der Waals surface area contributed by atoms with Crippen LogP contribution >= 0.6 is 0 Å². The highest BCUT2D eigenvalue weighted by Crippen LogP contribution is 2.26. The van der Waals surface area contributed by atoms with E-state index in [-0.39, 0.29) is 17.6 Å². The van der Waals surface area contributed by atoms with E-state index >= 15 is 0 Å². The largest absolute Gasteiger partial charge is 0.343 e. The molecule has 1 aliphatic rings. The van der Waals surface area contributed by atoms with Gasteiger partial charge < -0.3 is 9.42 Å². The molecular formula is C14H20N6O3. The number of amides is 2. The molecule has 0 bridgehead atoms. The summed E-state index contributed by atoms with van der Waals surface area (Å²) in [6.45, 7) is 5.52. The molecule has 3 heterocycles. The van der Waals surface area contributed by atoms with E-state index in [4.69, 9.17) is 4.52 Å². The van der Waals surface area contributed by atoms with Gasteiger partial charge in [-0.05, 0) is 26.7 Å². The van der Waals surface area contributed by atoms with Crippen molar-refractivity contribution in [3.8, 4) is 0 Å². The Kier molecular flexibility index (Phi) is 4.18. The highest BCUT2D eigenvalue weighted by molar-refractivity contribution is 5.87. The second-order valence-electron chi connectivity index (χ2n) is 5.66. The zero-order valence-corrected chi connectivity index (χ0v) is 13.2. The summed E-state index contributed by atoms with van der Waals surface area (Å²) >= 11 is 0. The van der Waals surface area contributed by atoms with Crippen molar-refractivity contribution in [2.75, 3.05) is 18.4 Å². The molecule has 124 valence electrons. The van der Waals surface area contributed by atoms with Crippen molar-refractivity contribution < 1.29 is 9.32 Å². The van der Waals surface area contributed by atoms with Gasteiger partial charge in [-0.25, -0.2) is 14.7 Å². The number of aryl methyl sites for hydroxylation is 1. The molecule has 0 saturated carbocycles. The van der Waals surface area contributed by atoms with E-state index in [0.717, 1.165) is 24.4 Å². The van der Waals surface area contributed by atoms with Crippen LogP contribution in [0.1, 0.15) is 37.2 Å². The smallest absolute Gasteiger partial charge is 0.338 e. The zero-order chi connectivity index (χ0) is 16.4. The van der Waals surface area contributed by atoms with Crippen molar-refractivity contribution in [1.29, 1.82) is 0 Å². The molecule has 2 aromatic heterocycles. The number of aromatic amines is 1. The molecule has 2 amide bonds. The second-order valence-corrected chi connectivity index (χ2v) is 5.66. The lowest BCUT2D eigenvalue weighted by atomic mass is 9.96. The third kappa shape index (κ3) is 3.13. The minimum absolute atomic E-state index is 0.177. The molecule has 2 N–H and O–H groups in total. The lowest BCUT2D eigenvalue weighted by Gasteiger charge is -2.31. The van der Waals surface area contributed by atoms with Crippen LogP contribution in [0.15, 0.2) is 15.4 Å². The Morgan fingerprint density at radius 1 is 1.48 bits per heavy atom. The number of anilines is 1. The number of H-pyrrole nitrogens is 1. The van der Waals surface area contributed by atoms with E-state index in [0.29, 0.717) is 25.5 Å². The van der Waals surface area contributed by atoms with Gasteiger partial charge in [0.1, 0.15) is 5.82 Å². The summed E-state index contributed by atoms with van der Waals surface area (Å²) in [7, 11) is 0. The zero-order valence-electron chi connectivity index (χ0n) is 13.2. The van der Waals surface area contributed by atoms with Gasteiger partial charge in [-0.3, -0.25) is 9.88 Å². The Labute approximate surface area is 132 Å². The first-order valence-corrected chi connectivity index (χ1v) is 7.72. The minimum Gasteiger partial charge on any atom is -0.338 e. The van der Waals surface area contributed by atoms with Crippen LogP contribution in [-0.2, 0) is 6.54 Å². The van der Waals surface area contributed by atoms with Gasteiger partial charge >= 0.3 is 11.7 Å². The number of piperidine rings is 1. The van der Waals surface area contributed by atoms with E-state index in [1.165, 1.54) is 0 Å². The van der Waals surface area contributed by atoms with Gasteiger partial charge in [0.2, 0.25) is 5.88 Å². The molecule has 0 spiro atoms. The number of aromatic nitrogens is 4. The molecule has 0 radical (unpaired) electrons. The topological polar surface area (TPSA) is 109 Å². The molecule has 9 heteroatoms. The quantitative estimate of drug-likeness (QED) is 0.886. The molecule has 9 nitrogen and oxygen atoms in total. The Bertz CT molecular complexity index is 738. The number of likely N-dealkylation sites (tertiary alicyclic amines) is 1. The fraction of sp³-hybridized carbons (Fsp3) is 0.571. The Morgan fingerprint density at radius 3 is 2.83 bits per heavy atom. The molecular weight excluding hydrogens is 300 g/mol. The Hall–Kier alpha value is -2.58. The van der Waals surface area contributed by atoms with Crippen LogP contribution in [0.5, 0.6) is 0 Å². The first kappa shape index (κ1) is 15.3. The maximum absolute atomic E-state index is 12.2. The van der Waals surface area contributed by atoms with Gasteiger partial charge in [-0.1, -0.05) is 5.16 Å². The van der Waals surface area contributed by atoms with Crippen molar-refractivity contribution in [2.45, 2.75) is 39.2 Å². The van der Waals surface area contributed by atoms with E-state index in [9.17, 15) is 9.59 Å². The summed E-state index contributed by atoms with van der Waals surface area (Å²) in [5, 5.41) is 13.1. The standard InChI is InChI=1S/C14H20N6O3/c1-3-20-12(16-17-14(20)22)10-4-6-19(7-5-10)13(21)15-11-8-9(2)18-23-11/h8,10H,3-7H2,1-2H3,(H,15,21)(H,17,22). The molecule has 1 saturated heterocycles. The van der Waals surface area contributed by atoms with Gasteiger partial charge in [0, 0.05) is 31.6 Å². The number of hydrogen-bond acceptors (Lipinski definition) is 5. The molecule has 0 atom stereocenters. The van der Waals surface area contributed by atoms with Crippen molar-refractivity contribution in [2.24, 2.45) is 0 Å². The SMILES string of the molecule is CCn1c(C2CCN(C(=O)Nc3cc(C)no3)CC2)n[nH]c1=O. The average molecular weight is 320 g/mol. The summed E-state index contributed by atoms with van der Waals surface area (Å²) in [5.74, 6) is 1.32. The predicted octanol–water partition coefficient (Wildman–Crippen LogP) is 1.30.